The molecule has 0 aliphatic carbocycles. The van der Waals surface area contributed by atoms with Gasteiger partial charge >= 0.3 is 5.97 Å². The molecule has 0 fully saturated rings. The van der Waals surface area contributed by atoms with Gasteiger partial charge in [0.15, 0.2) is 11.5 Å². The summed E-state index contributed by atoms with van der Waals surface area (Å²) in [5, 5.41) is 5.89. The molecule has 33 heavy (non-hydrogen) atoms. The molecule has 0 heterocycles. The minimum absolute atomic E-state index is 0.257. The maximum atomic E-state index is 12.6. The zero-order valence-corrected chi connectivity index (χ0v) is 18.2. The van der Waals surface area contributed by atoms with Gasteiger partial charge in [0.25, 0.3) is 5.91 Å². The summed E-state index contributed by atoms with van der Waals surface area (Å²) in [6, 6.07) is 25.3. The minimum Gasteiger partial charge on any atom is -0.493 e. The summed E-state index contributed by atoms with van der Waals surface area (Å²) in [7, 11) is 1.50. The number of esters is 1. The highest BCUT2D eigenvalue weighted by Gasteiger charge is 2.13. The summed E-state index contributed by atoms with van der Waals surface area (Å²) in [5.41, 5.74) is 5.19. The van der Waals surface area contributed by atoms with Gasteiger partial charge in [-0.2, -0.15) is 5.10 Å². The molecule has 0 spiro atoms. The standard InChI is InChI=1S/C27H22N2O4/c1-18-10-13-21(14-11-18)27(31)33-25-16-19(12-15-24(25)32-2)17-28-29-26(30)23-9-5-7-20-6-3-4-8-22(20)23/h3-17H,1-2H3,(H,29,30)/b28-17-. The van der Waals surface area contributed by atoms with E-state index in [9.17, 15) is 9.59 Å². The Balaban J connectivity index is 1.49. The second-order valence-electron chi connectivity index (χ2n) is 7.39. The van der Waals surface area contributed by atoms with Crippen LogP contribution in [0, 0.1) is 6.92 Å². The first-order chi connectivity index (χ1) is 16.0. The number of nitrogens with one attached hydrogen (secondary N) is 1. The molecule has 164 valence electrons. The summed E-state index contributed by atoms with van der Waals surface area (Å²) < 4.78 is 10.8. The molecule has 0 saturated heterocycles. The van der Waals surface area contributed by atoms with Gasteiger partial charge in [-0.25, -0.2) is 10.2 Å². The van der Waals surface area contributed by atoms with Crippen molar-refractivity contribution in [2.75, 3.05) is 7.11 Å². The predicted molar refractivity (Wildman–Crippen MR) is 128 cm³/mol. The minimum atomic E-state index is -0.494. The highest BCUT2D eigenvalue weighted by atomic mass is 16.6. The molecule has 0 aliphatic heterocycles. The van der Waals surface area contributed by atoms with E-state index >= 15 is 0 Å². The van der Waals surface area contributed by atoms with E-state index in [1.54, 1.807) is 36.4 Å². The van der Waals surface area contributed by atoms with E-state index in [1.165, 1.54) is 13.3 Å². The second kappa shape index (κ2) is 9.78. The van der Waals surface area contributed by atoms with Crippen molar-refractivity contribution in [3.8, 4) is 11.5 Å². The smallest absolute Gasteiger partial charge is 0.343 e. The summed E-state index contributed by atoms with van der Waals surface area (Å²) in [6.45, 7) is 1.94. The lowest BCUT2D eigenvalue weighted by atomic mass is 10.0. The molecule has 0 radical (unpaired) electrons. The van der Waals surface area contributed by atoms with Crippen LogP contribution in [0.15, 0.2) is 90.0 Å². The van der Waals surface area contributed by atoms with Crippen molar-refractivity contribution in [3.63, 3.8) is 0 Å². The summed E-state index contributed by atoms with van der Waals surface area (Å²) in [4.78, 5) is 25.1. The fourth-order valence-electron chi connectivity index (χ4n) is 3.35. The molecule has 0 unspecified atom stereocenters. The third-order valence-electron chi connectivity index (χ3n) is 5.09. The van der Waals surface area contributed by atoms with Crippen LogP contribution in [0.1, 0.15) is 31.8 Å². The van der Waals surface area contributed by atoms with E-state index in [4.69, 9.17) is 9.47 Å². The Kier molecular flexibility index (Phi) is 6.45. The van der Waals surface area contributed by atoms with Crippen molar-refractivity contribution < 1.29 is 19.1 Å². The molecule has 6 nitrogen and oxygen atoms in total. The molecule has 4 rings (SSSR count). The topological polar surface area (TPSA) is 77.0 Å². The summed E-state index contributed by atoms with van der Waals surface area (Å²) in [5.74, 6) is -0.144. The average Bonchev–Trinajstić information content (AvgIpc) is 2.84. The number of nitrogens with zero attached hydrogens (tertiary/aromatic N) is 1. The average molecular weight is 438 g/mol. The summed E-state index contributed by atoms with van der Waals surface area (Å²) in [6.07, 6.45) is 1.48. The maximum absolute atomic E-state index is 12.6. The van der Waals surface area contributed by atoms with Gasteiger partial charge in [0.1, 0.15) is 0 Å². The Hall–Kier alpha value is -4.45. The number of rotatable bonds is 6. The number of carbonyl (C=O) groups is 2. The molecular weight excluding hydrogens is 416 g/mol. The van der Waals surface area contributed by atoms with Crippen LogP contribution in [0.2, 0.25) is 0 Å². The number of amides is 1. The van der Waals surface area contributed by atoms with Gasteiger partial charge in [-0.05, 0) is 59.7 Å². The molecule has 0 aromatic heterocycles. The number of fused-ring (bicyclic) bond motifs is 1. The van der Waals surface area contributed by atoms with E-state index in [-0.39, 0.29) is 11.7 Å². The van der Waals surface area contributed by atoms with Crippen LogP contribution in [-0.2, 0) is 0 Å². The lowest BCUT2D eigenvalue weighted by Gasteiger charge is -2.10. The molecule has 0 saturated carbocycles. The Morgan fingerprint density at radius 2 is 1.64 bits per heavy atom. The van der Waals surface area contributed by atoms with Gasteiger partial charge in [0.2, 0.25) is 0 Å². The fourth-order valence-corrected chi connectivity index (χ4v) is 3.35. The van der Waals surface area contributed by atoms with E-state index in [1.807, 2.05) is 55.5 Å². The normalized spacial score (nSPS) is 10.8. The van der Waals surface area contributed by atoms with E-state index in [0.29, 0.717) is 22.4 Å². The van der Waals surface area contributed by atoms with Gasteiger partial charge < -0.3 is 9.47 Å². The van der Waals surface area contributed by atoms with Gasteiger partial charge in [0.05, 0.1) is 18.9 Å². The lowest BCUT2D eigenvalue weighted by Crippen LogP contribution is -2.18. The zero-order chi connectivity index (χ0) is 23.2. The molecule has 0 aliphatic rings. The van der Waals surface area contributed by atoms with Gasteiger partial charge in [-0.3, -0.25) is 4.79 Å². The Morgan fingerprint density at radius 3 is 2.42 bits per heavy atom. The van der Waals surface area contributed by atoms with Crippen LogP contribution < -0.4 is 14.9 Å². The van der Waals surface area contributed by atoms with Crippen molar-refractivity contribution in [1.82, 2.24) is 5.43 Å². The number of hydrogen-bond acceptors (Lipinski definition) is 5. The number of aryl methyl sites for hydroxylation is 1. The number of benzene rings is 4. The van der Waals surface area contributed by atoms with E-state index < -0.39 is 5.97 Å². The molecule has 4 aromatic rings. The van der Waals surface area contributed by atoms with Crippen LogP contribution >= 0.6 is 0 Å². The number of hydrogen-bond donors (Lipinski definition) is 1. The number of hydrazone groups is 1. The van der Waals surface area contributed by atoms with E-state index in [2.05, 4.69) is 10.5 Å². The monoisotopic (exact) mass is 438 g/mol. The van der Waals surface area contributed by atoms with Crippen molar-refractivity contribution in [2.45, 2.75) is 6.92 Å². The van der Waals surface area contributed by atoms with Gasteiger partial charge in [0, 0.05) is 5.56 Å². The van der Waals surface area contributed by atoms with Crippen molar-refractivity contribution in [1.29, 1.82) is 0 Å². The highest BCUT2D eigenvalue weighted by Crippen LogP contribution is 2.28. The van der Waals surface area contributed by atoms with Crippen molar-refractivity contribution in [3.05, 3.63) is 107 Å². The van der Waals surface area contributed by atoms with E-state index in [0.717, 1.165) is 16.3 Å². The number of ether oxygens (including phenoxy) is 2. The fraction of sp³-hybridized carbons (Fsp3) is 0.0741. The molecule has 0 atom stereocenters. The van der Waals surface area contributed by atoms with Crippen LogP contribution in [0.4, 0.5) is 0 Å². The molecule has 6 heteroatoms. The largest absolute Gasteiger partial charge is 0.493 e. The Labute approximate surface area is 191 Å². The third kappa shape index (κ3) is 5.07. The Morgan fingerprint density at radius 1 is 0.879 bits per heavy atom. The zero-order valence-electron chi connectivity index (χ0n) is 18.2. The van der Waals surface area contributed by atoms with Crippen LogP contribution in [-0.4, -0.2) is 25.2 Å². The van der Waals surface area contributed by atoms with Crippen molar-refractivity contribution in [2.24, 2.45) is 5.10 Å². The molecule has 1 N–H and O–H groups in total. The first-order valence-corrected chi connectivity index (χ1v) is 10.3. The van der Waals surface area contributed by atoms with Gasteiger partial charge in [-0.1, -0.05) is 54.1 Å². The highest BCUT2D eigenvalue weighted by molar-refractivity contribution is 6.07. The van der Waals surface area contributed by atoms with Gasteiger partial charge in [-0.15, -0.1) is 0 Å². The molecular formula is C27H22N2O4. The third-order valence-corrected chi connectivity index (χ3v) is 5.09. The Bertz CT molecular complexity index is 1340. The van der Waals surface area contributed by atoms with Crippen molar-refractivity contribution >= 4 is 28.9 Å². The lowest BCUT2D eigenvalue weighted by molar-refractivity contribution is 0.0729. The molecule has 4 aromatic carbocycles. The van der Waals surface area contributed by atoms with Crippen LogP contribution in [0.5, 0.6) is 11.5 Å². The maximum Gasteiger partial charge on any atom is 0.343 e. The molecule has 0 bridgehead atoms. The second-order valence-corrected chi connectivity index (χ2v) is 7.39. The van der Waals surface area contributed by atoms with Crippen LogP contribution in [0.3, 0.4) is 0 Å². The first kappa shape index (κ1) is 21.8. The SMILES string of the molecule is COc1ccc(/C=N\NC(=O)c2cccc3ccccc23)cc1OC(=O)c1ccc(C)cc1. The molecule has 1 amide bonds. The first-order valence-electron chi connectivity index (χ1n) is 10.3. The quantitative estimate of drug-likeness (QED) is 0.196. The number of carbonyl (C=O) groups excluding carboxylic acids is 2. The predicted octanol–water partition coefficient (Wildman–Crippen LogP) is 5.14. The summed E-state index contributed by atoms with van der Waals surface area (Å²) >= 11 is 0. The number of methoxy groups -OCH3 is 1. The van der Waals surface area contributed by atoms with Crippen LogP contribution in [0.25, 0.3) is 10.8 Å².